The first-order valence-electron chi connectivity index (χ1n) is 8.21. The highest BCUT2D eigenvalue weighted by Crippen LogP contribution is 2.17. The Balaban J connectivity index is 2.18. The molecular weight excluding hydrogens is 254 g/mol. The van der Waals surface area contributed by atoms with Gasteiger partial charge in [0.25, 0.3) is 0 Å². The zero-order valence-electron chi connectivity index (χ0n) is 13.1. The summed E-state index contributed by atoms with van der Waals surface area (Å²) < 4.78 is 5.66. The molecule has 2 atom stereocenters. The maximum absolute atomic E-state index is 10.6. The van der Waals surface area contributed by atoms with Crippen molar-refractivity contribution in [1.82, 2.24) is 4.90 Å². The van der Waals surface area contributed by atoms with Crippen molar-refractivity contribution in [2.45, 2.75) is 77.4 Å². The molecule has 1 aliphatic heterocycles. The molecule has 0 radical (unpaired) electrons. The maximum Gasteiger partial charge on any atom is 0.303 e. The predicted octanol–water partition coefficient (Wildman–Crippen LogP) is 3.30. The lowest BCUT2D eigenvalue weighted by molar-refractivity contribution is -0.138. The predicted molar refractivity (Wildman–Crippen MR) is 81.0 cm³/mol. The summed E-state index contributed by atoms with van der Waals surface area (Å²) in [6.07, 6.45) is 8.83. The Morgan fingerprint density at radius 3 is 2.80 bits per heavy atom. The number of rotatable bonds is 10. The summed E-state index contributed by atoms with van der Waals surface area (Å²) in [5.41, 5.74) is 0. The van der Waals surface area contributed by atoms with Gasteiger partial charge < -0.3 is 9.84 Å². The van der Waals surface area contributed by atoms with E-state index in [0.717, 1.165) is 19.7 Å². The van der Waals surface area contributed by atoms with Crippen molar-refractivity contribution in [3.8, 4) is 0 Å². The monoisotopic (exact) mass is 285 g/mol. The third-order valence-electron chi connectivity index (χ3n) is 4.20. The van der Waals surface area contributed by atoms with Crippen LogP contribution in [0.5, 0.6) is 0 Å². The summed E-state index contributed by atoms with van der Waals surface area (Å²) in [6.45, 7) is 7.15. The molecule has 0 aromatic carbocycles. The van der Waals surface area contributed by atoms with Crippen LogP contribution in [-0.2, 0) is 9.53 Å². The van der Waals surface area contributed by atoms with Gasteiger partial charge in [-0.25, -0.2) is 0 Å². The fraction of sp³-hybridized carbons (Fsp3) is 0.938. The van der Waals surface area contributed by atoms with Crippen molar-refractivity contribution < 1.29 is 14.6 Å². The Kier molecular flexibility index (Phi) is 8.86. The van der Waals surface area contributed by atoms with Gasteiger partial charge in [-0.1, -0.05) is 39.0 Å². The highest BCUT2D eigenvalue weighted by molar-refractivity contribution is 5.66. The van der Waals surface area contributed by atoms with Crippen LogP contribution in [0.25, 0.3) is 0 Å². The van der Waals surface area contributed by atoms with E-state index in [9.17, 15) is 4.79 Å². The summed E-state index contributed by atoms with van der Waals surface area (Å²) in [5, 5.41) is 8.74. The molecule has 0 aromatic rings. The maximum atomic E-state index is 10.6. The largest absolute Gasteiger partial charge is 0.481 e. The average Bonchev–Trinajstić information content (AvgIpc) is 2.45. The van der Waals surface area contributed by atoms with Gasteiger partial charge in [-0.05, 0) is 19.8 Å². The second kappa shape index (κ2) is 10.2. The molecule has 1 unspecified atom stereocenters. The molecule has 4 nitrogen and oxygen atoms in total. The number of hydrogen-bond donors (Lipinski definition) is 1. The highest BCUT2D eigenvalue weighted by Gasteiger charge is 2.24. The average molecular weight is 285 g/mol. The second-order valence-corrected chi connectivity index (χ2v) is 5.97. The van der Waals surface area contributed by atoms with E-state index in [0.29, 0.717) is 12.5 Å². The van der Waals surface area contributed by atoms with Gasteiger partial charge in [-0.2, -0.15) is 0 Å². The molecule has 0 saturated carbocycles. The van der Waals surface area contributed by atoms with E-state index in [-0.39, 0.29) is 12.5 Å². The van der Waals surface area contributed by atoms with E-state index in [1.165, 1.54) is 38.5 Å². The normalized spacial score (nSPS) is 21.8. The molecule has 1 N–H and O–H groups in total. The van der Waals surface area contributed by atoms with Crippen LogP contribution in [0.15, 0.2) is 0 Å². The molecule has 1 fully saturated rings. The molecule has 118 valence electrons. The number of nitrogens with zero attached hydrogens (tertiary/aromatic N) is 1. The molecule has 20 heavy (non-hydrogen) atoms. The summed E-state index contributed by atoms with van der Waals surface area (Å²) >= 11 is 0. The van der Waals surface area contributed by atoms with E-state index in [2.05, 4.69) is 18.7 Å². The Bertz CT molecular complexity index is 270. The minimum atomic E-state index is -0.727. The molecule has 1 rings (SSSR count). The number of carbonyl (C=O) groups is 1. The van der Waals surface area contributed by atoms with E-state index in [1.807, 2.05) is 0 Å². The lowest BCUT2D eigenvalue weighted by atomic mass is 10.0. The van der Waals surface area contributed by atoms with Crippen LogP contribution in [-0.4, -0.2) is 47.8 Å². The number of unbranched alkanes of at least 4 members (excludes halogenated alkanes) is 4. The van der Waals surface area contributed by atoms with Gasteiger partial charge in [0, 0.05) is 25.6 Å². The molecule has 1 heterocycles. The van der Waals surface area contributed by atoms with Crippen molar-refractivity contribution >= 4 is 5.97 Å². The SMILES string of the molecule is CCCCCCCC(C)N1CCO[C@@H](CCC(=O)O)C1. The molecule has 1 aliphatic rings. The Morgan fingerprint density at radius 1 is 1.35 bits per heavy atom. The number of carboxylic acid groups (broad SMARTS) is 1. The molecule has 0 amide bonds. The van der Waals surface area contributed by atoms with Crippen LogP contribution < -0.4 is 0 Å². The zero-order valence-corrected chi connectivity index (χ0v) is 13.1. The summed E-state index contributed by atoms with van der Waals surface area (Å²) in [6, 6.07) is 0.591. The molecular formula is C16H31NO3. The van der Waals surface area contributed by atoms with E-state index >= 15 is 0 Å². The first kappa shape index (κ1) is 17.4. The standard InChI is InChI=1S/C16H31NO3/c1-3-4-5-6-7-8-14(2)17-11-12-20-15(13-17)9-10-16(18)19/h14-15H,3-13H2,1-2H3,(H,18,19)/t14?,15-/m0/s1. The summed E-state index contributed by atoms with van der Waals surface area (Å²) in [5.74, 6) is -0.727. The molecule has 0 bridgehead atoms. The van der Waals surface area contributed by atoms with Gasteiger partial charge in [-0.3, -0.25) is 9.69 Å². The molecule has 0 aliphatic carbocycles. The van der Waals surface area contributed by atoms with Crippen LogP contribution in [0.3, 0.4) is 0 Å². The topological polar surface area (TPSA) is 49.8 Å². The van der Waals surface area contributed by atoms with Crippen LogP contribution in [0.2, 0.25) is 0 Å². The zero-order chi connectivity index (χ0) is 14.8. The van der Waals surface area contributed by atoms with Gasteiger partial charge in [-0.15, -0.1) is 0 Å². The van der Waals surface area contributed by atoms with Crippen molar-refractivity contribution in [1.29, 1.82) is 0 Å². The van der Waals surface area contributed by atoms with Crippen LogP contribution in [0.4, 0.5) is 0 Å². The van der Waals surface area contributed by atoms with Crippen molar-refractivity contribution in [2.24, 2.45) is 0 Å². The number of hydrogen-bond acceptors (Lipinski definition) is 3. The lowest BCUT2D eigenvalue weighted by Crippen LogP contribution is -2.46. The molecule has 1 saturated heterocycles. The fourth-order valence-electron chi connectivity index (χ4n) is 2.83. The Morgan fingerprint density at radius 2 is 2.10 bits per heavy atom. The van der Waals surface area contributed by atoms with Crippen LogP contribution in [0, 0.1) is 0 Å². The van der Waals surface area contributed by atoms with E-state index < -0.39 is 5.97 Å². The van der Waals surface area contributed by atoms with Crippen molar-refractivity contribution in [3.63, 3.8) is 0 Å². The van der Waals surface area contributed by atoms with Gasteiger partial charge in [0.2, 0.25) is 0 Å². The minimum Gasteiger partial charge on any atom is -0.481 e. The van der Waals surface area contributed by atoms with Crippen LogP contribution >= 0.6 is 0 Å². The summed E-state index contributed by atoms with van der Waals surface area (Å²) in [7, 11) is 0. The highest BCUT2D eigenvalue weighted by atomic mass is 16.5. The van der Waals surface area contributed by atoms with Crippen molar-refractivity contribution in [3.05, 3.63) is 0 Å². The fourth-order valence-corrected chi connectivity index (χ4v) is 2.83. The number of aliphatic carboxylic acids is 1. The first-order chi connectivity index (χ1) is 9.63. The quantitative estimate of drug-likeness (QED) is 0.626. The van der Waals surface area contributed by atoms with E-state index in [1.54, 1.807) is 0 Å². The van der Waals surface area contributed by atoms with Gasteiger partial charge >= 0.3 is 5.97 Å². The lowest BCUT2D eigenvalue weighted by Gasteiger charge is -2.37. The second-order valence-electron chi connectivity index (χ2n) is 5.97. The van der Waals surface area contributed by atoms with Gasteiger partial charge in [0.15, 0.2) is 0 Å². The Labute approximate surface area is 123 Å². The Hall–Kier alpha value is -0.610. The minimum absolute atomic E-state index is 0.0994. The molecule has 4 heteroatoms. The molecule has 0 aromatic heterocycles. The number of carboxylic acids is 1. The van der Waals surface area contributed by atoms with Gasteiger partial charge in [0.1, 0.15) is 0 Å². The van der Waals surface area contributed by atoms with E-state index in [4.69, 9.17) is 9.84 Å². The van der Waals surface area contributed by atoms with Crippen molar-refractivity contribution in [2.75, 3.05) is 19.7 Å². The summed E-state index contributed by atoms with van der Waals surface area (Å²) in [4.78, 5) is 13.1. The van der Waals surface area contributed by atoms with Crippen LogP contribution in [0.1, 0.15) is 65.2 Å². The number of ether oxygens (including phenoxy) is 1. The van der Waals surface area contributed by atoms with Gasteiger partial charge in [0.05, 0.1) is 12.7 Å². The third-order valence-corrected chi connectivity index (χ3v) is 4.20. The molecule has 0 spiro atoms. The third kappa shape index (κ3) is 7.25. The smallest absolute Gasteiger partial charge is 0.303 e. The number of morpholine rings is 1. The first-order valence-corrected chi connectivity index (χ1v) is 8.21.